The Bertz CT molecular complexity index is 1340. The first-order valence-corrected chi connectivity index (χ1v) is 13.4. The number of benzene rings is 4. The molecule has 0 fully saturated rings. The van der Waals surface area contributed by atoms with Crippen molar-refractivity contribution >= 4 is 48.9 Å². The van der Waals surface area contributed by atoms with Gasteiger partial charge < -0.3 is 9.64 Å². The molecule has 1 aliphatic rings. The topological polar surface area (TPSA) is 12.5 Å². The lowest BCUT2D eigenvalue weighted by Gasteiger charge is -2.33. The van der Waals surface area contributed by atoms with Crippen LogP contribution >= 0.6 is 31.9 Å². The maximum absolute atomic E-state index is 6.28. The zero-order valence-corrected chi connectivity index (χ0v) is 23.9. The first kappa shape index (κ1) is 24.1. The number of rotatable bonds is 4. The number of aryl methyl sites for hydroxylation is 1. The van der Waals surface area contributed by atoms with Crippen molar-refractivity contribution in [2.45, 2.75) is 45.6 Å². The first-order chi connectivity index (χ1) is 16.6. The number of fused-ring (bicyclic) bond motifs is 1. The minimum atomic E-state index is -0.233. The van der Waals surface area contributed by atoms with Crippen molar-refractivity contribution in [1.29, 1.82) is 0 Å². The molecule has 0 saturated heterocycles. The number of hydrogen-bond donors (Lipinski definition) is 0. The Balaban J connectivity index is 1.57. The molecule has 0 atom stereocenters. The van der Waals surface area contributed by atoms with Gasteiger partial charge >= 0.3 is 0 Å². The molecule has 0 spiro atoms. The Morgan fingerprint density at radius 1 is 0.657 bits per heavy atom. The maximum atomic E-state index is 6.28. The van der Waals surface area contributed by atoms with E-state index in [0.717, 1.165) is 31.8 Å². The second kappa shape index (κ2) is 8.83. The summed E-state index contributed by atoms with van der Waals surface area (Å²) in [5, 5.41) is 0. The van der Waals surface area contributed by atoms with Crippen LogP contribution in [0.5, 0.6) is 5.75 Å². The minimum Gasteiger partial charge on any atom is -0.487 e. The molecule has 5 rings (SSSR count). The molecule has 0 bridgehead atoms. The van der Waals surface area contributed by atoms with E-state index < -0.39 is 0 Å². The summed E-state index contributed by atoms with van der Waals surface area (Å²) in [7, 11) is 0. The van der Waals surface area contributed by atoms with Crippen molar-refractivity contribution < 1.29 is 4.74 Å². The summed E-state index contributed by atoms with van der Waals surface area (Å²) < 4.78 is 8.41. The fourth-order valence-corrected chi connectivity index (χ4v) is 5.27. The number of hydrogen-bond acceptors (Lipinski definition) is 2. The van der Waals surface area contributed by atoms with Gasteiger partial charge in [0, 0.05) is 37.0 Å². The van der Waals surface area contributed by atoms with Crippen LogP contribution in [-0.4, -0.2) is 5.60 Å². The van der Waals surface area contributed by atoms with Gasteiger partial charge in [-0.25, -0.2) is 0 Å². The van der Waals surface area contributed by atoms with Crippen molar-refractivity contribution in [3.8, 4) is 16.9 Å². The zero-order chi connectivity index (χ0) is 25.0. The summed E-state index contributed by atoms with van der Waals surface area (Å²) in [6.07, 6.45) is 0. The second-order valence-electron chi connectivity index (χ2n) is 10.2. The van der Waals surface area contributed by atoms with Gasteiger partial charge in [-0.05, 0) is 110 Å². The van der Waals surface area contributed by atoms with Crippen molar-refractivity contribution in [3.05, 3.63) is 105 Å². The quantitative estimate of drug-likeness (QED) is 0.234. The molecule has 0 saturated carbocycles. The van der Waals surface area contributed by atoms with Gasteiger partial charge in [-0.2, -0.15) is 0 Å². The first-order valence-electron chi connectivity index (χ1n) is 11.8. The monoisotopic (exact) mass is 589 g/mol. The van der Waals surface area contributed by atoms with Gasteiger partial charge in [0.15, 0.2) is 0 Å². The molecule has 1 heterocycles. The predicted molar refractivity (Wildman–Crippen MR) is 154 cm³/mol. The Labute approximate surface area is 225 Å². The van der Waals surface area contributed by atoms with E-state index >= 15 is 0 Å². The predicted octanol–water partition coefficient (Wildman–Crippen LogP) is 10.1. The molecule has 2 nitrogen and oxygen atoms in total. The molecule has 0 aromatic heterocycles. The average Bonchev–Trinajstić information content (AvgIpc) is 3.00. The van der Waals surface area contributed by atoms with Gasteiger partial charge in [-0.1, -0.05) is 57.8 Å². The zero-order valence-electron chi connectivity index (χ0n) is 20.7. The van der Waals surface area contributed by atoms with Gasteiger partial charge in [0.25, 0.3) is 0 Å². The third kappa shape index (κ3) is 4.32. The molecule has 0 unspecified atom stereocenters. The number of ether oxygens (including phenoxy) is 1. The van der Waals surface area contributed by atoms with E-state index in [4.69, 9.17) is 4.74 Å². The third-order valence-corrected chi connectivity index (χ3v) is 8.53. The Morgan fingerprint density at radius 3 is 1.74 bits per heavy atom. The SMILES string of the molecule is Cc1cc(N(c2ccc(Br)cc2)c2ccc(Br)cc2)ccc1-c1ccc2c(c1)C(C)(C)C(C)(C)O2. The Hall–Kier alpha value is -2.56. The van der Waals surface area contributed by atoms with E-state index in [1.165, 1.54) is 22.3 Å². The summed E-state index contributed by atoms with van der Waals surface area (Å²) in [5.74, 6) is 0.995. The normalized spacial score (nSPS) is 15.4. The average molecular weight is 591 g/mol. The molecule has 4 aromatic carbocycles. The summed E-state index contributed by atoms with van der Waals surface area (Å²) in [4.78, 5) is 2.29. The van der Waals surface area contributed by atoms with Crippen LogP contribution in [0.2, 0.25) is 0 Å². The lowest BCUT2D eigenvalue weighted by Crippen LogP contribution is -2.41. The van der Waals surface area contributed by atoms with E-state index in [0.29, 0.717) is 0 Å². The fraction of sp³-hybridized carbons (Fsp3) is 0.226. The van der Waals surface area contributed by atoms with Gasteiger partial charge in [0.05, 0.1) is 0 Å². The van der Waals surface area contributed by atoms with Crippen molar-refractivity contribution in [2.24, 2.45) is 0 Å². The standard InChI is InChI=1S/C31H29Br2NO/c1-20-18-26(34(24-11-7-22(32)8-12-24)25-13-9-23(33)10-14-25)15-16-27(20)21-6-17-29-28(19-21)30(2,3)31(4,5)35-29/h6-19H,1-5H3. The second-order valence-corrected chi connectivity index (χ2v) is 12.1. The summed E-state index contributed by atoms with van der Waals surface area (Å²) in [6, 6.07) is 30.2. The Morgan fingerprint density at radius 2 is 1.20 bits per heavy atom. The van der Waals surface area contributed by atoms with Crippen molar-refractivity contribution in [2.75, 3.05) is 4.90 Å². The maximum Gasteiger partial charge on any atom is 0.124 e. The number of anilines is 3. The Kier molecular flexibility index (Phi) is 6.09. The highest BCUT2D eigenvalue weighted by atomic mass is 79.9. The van der Waals surface area contributed by atoms with Crippen LogP contribution < -0.4 is 9.64 Å². The van der Waals surface area contributed by atoms with Crippen LogP contribution in [0, 0.1) is 6.92 Å². The van der Waals surface area contributed by atoms with E-state index in [1.807, 2.05) is 0 Å². The molecular formula is C31H29Br2NO. The lowest BCUT2D eigenvalue weighted by atomic mass is 9.73. The van der Waals surface area contributed by atoms with Crippen LogP contribution in [0.25, 0.3) is 11.1 Å². The van der Waals surface area contributed by atoms with E-state index in [1.54, 1.807) is 0 Å². The molecule has 0 radical (unpaired) electrons. The molecule has 0 N–H and O–H groups in total. The smallest absolute Gasteiger partial charge is 0.124 e. The van der Waals surface area contributed by atoms with Crippen molar-refractivity contribution in [3.63, 3.8) is 0 Å². The van der Waals surface area contributed by atoms with Crippen LogP contribution in [0.1, 0.15) is 38.8 Å². The largest absolute Gasteiger partial charge is 0.487 e. The van der Waals surface area contributed by atoms with E-state index in [9.17, 15) is 0 Å². The van der Waals surface area contributed by atoms with Gasteiger partial charge in [0.2, 0.25) is 0 Å². The number of halogens is 2. The molecular weight excluding hydrogens is 562 g/mol. The molecule has 35 heavy (non-hydrogen) atoms. The van der Waals surface area contributed by atoms with Gasteiger partial charge in [-0.3, -0.25) is 0 Å². The molecule has 4 heteroatoms. The van der Waals surface area contributed by atoms with E-state index in [2.05, 4.69) is 156 Å². The molecule has 0 amide bonds. The molecule has 1 aliphatic heterocycles. The fourth-order valence-electron chi connectivity index (χ4n) is 4.74. The van der Waals surface area contributed by atoms with Gasteiger partial charge in [-0.15, -0.1) is 0 Å². The third-order valence-electron chi connectivity index (χ3n) is 7.47. The highest BCUT2D eigenvalue weighted by molar-refractivity contribution is 9.10. The highest BCUT2D eigenvalue weighted by Crippen LogP contribution is 2.50. The van der Waals surface area contributed by atoms with Crippen LogP contribution in [0.4, 0.5) is 17.1 Å². The minimum absolute atomic E-state index is 0.0633. The number of nitrogens with zero attached hydrogens (tertiary/aromatic N) is 1. The van der Waals surface area contributed by atoms with Crippen molar-refractivity contribution in [1.82, 2.24) is 0 Å². The van der Waals surface area contributed by atoms with E-state index in [-0.39, 0.29) is 11.0 Å². The summed E-state index contributed by atoms with van der Waals surface area (Å²) >= 11 is 7.13. The summed E-state index contributed by atoms with van der Waals surface area (Å²) in [5.41, 5.74) is 8.02. The highest BCUT2D eigenvalue weighted by Gasteiger charge is 2.47. The molecule has 0 aliphatic carbocycles. The lowest BCUT2D eigenvalue weighted by molar-refractivity contribution is 0.0712. The molecule has 4 aromatic rings. The van der Waals surface area contributed by atoms with Crippen LogP contribution in [0.15, 0.2) is 93.9 Å². The van der Waals surface area contributed by atoms with Crippen LogP contribution in [-0.2, 0) is 5.41 Å². The van der Waals surface area contributed by atoms with Crippen LogP contribution in [0.3, 0.4) is 0 Å². The summed E-state index contributed by atoms with van der Waals surface area (Å²) in [6.45, 7) is 11.1. The molecule has 178 valence electrons. The van der Waals surface area contributed by atoms with Gasteiger partial charge in [0.1, 0.15) is 11.4 Å².